The molecule has 0 spiro atoms. The molecule has 1 aromatic heterocycles. The summed E-state index contributed by atoms with van der Waals surface area (Å²) in [5.74, 6) is 1.91. The zero-order chi connectivity index (χ0) is 18.7. The Morgan fingerprint density at radius 3 is 2.04 bits per heavy atom. The largest absolute Gasteiger partial charge is 0.356 e. The Hall–Kier alpha value is -2.19. The zero-order valence-electron chi connectivity index (χ0n) is 15.4. The molecule has 1 aromatic carbocycles. The lowest BCUT2D eigenvalue weighted by molar-refractivity contribution is 0.383. The normalized spacial score (nSPS) is 18.8. The van der Waals surface area contributed by atoms with Crippen molar-refractivity contribution in [2.24, 2.45) is 0 Å². The van der Waals surface area contributed by atoms with E-state index in [0.29, 0.717) is 26.2 Å². The molecule has 0 atom stereocenters. The smallest absolute Gasteiger partial charge is 0.218 e. The molecule has 0 amide bonds. The highest BCUT2D eigenvalue weighted by atomic mass is 32.2. The number of benzene rings is 1. The lowest BCUT2D eigenvalue weighted by atomic mass is 10.2. The highest BCUT2D eigenvalue weighted by Crippen LogP contribution is 2.23. The molecule has 2 aromatic rings. The van der Waals surface area contributed by atoms with Crippen LogP contribution >= 0.6 is 0 Å². The Kier molecular flexibility index (Phi) is 5.27. The summed E-state index contributed by atoms with van der Waals surface area (Å²) in [6, 6.07) is 11.4. The summed E-state index contributed by atoms with van der Waals surface area (Å²) in [5, 5.41) is 0. The monoisotopic (exact) mass is 387 g/mol. The Morgan fingerprint density at radius 1 is 0.815 bits per heavy atom. The maximum absolute atomic E-state index is 12.7. The summed E-state index contributed by atoms with van der Waals surface area (Å²) in [5.41, 5.74) is 0.825. The molecule has 2 saturated heterocycles. The SMILES string of the molecule is O=S(=O)(Cc1ccccc1)N1CCN(c2cc(N3CCCC3)ncn2)CC1. The van der Waals surface area contributed by atoms with Gasteiger partial charge in [-0.25, -0.2) is 18.4 Å². The van der Waals surface area contributed by atoms with Crippen LogP contribution in [-0.2, 0) is 15.8 Å². The predicted octanol–water partition coefficient (Wildman–Crippen LogP) is 1.73. The van der Waals surface area contributed by atoms with Gasteiger partial charge in [-0.05, 0) is 18.4 Å². The first-order valence-electron chi connectivity index (χ1n) is 9.45. The van der Waals surface area contributed by atoms with Gasteiger partial charge in [-0.1, -0.05) is 30.3 Å². The van der Waals surface area contributed by atoms with Crippen LogP contribution in [0.15, 0.2) is 42.7 Å². The molecule has 4 rings (SSSR count). The van der Waals surface area contributed by atoms with E-state index in [2.05, 4.69) is 19.8 Å². The first-order valence-corrected chi connectivity index (χ1v) is 11.1. The van der Waals surface area contributed by atoms with E-state index in [4.69, 9.17) is 0 Å². The standard InChI is InChI=1S/C19H25N5O2S/c25-27(26,15-17-6-2-1-3-7-17)24-12-10-23(11-13-24)19-14-18(20-16-21-19)22-8-4-5-9-22/h1-3,6-7,14,16H,4-5,8-13,15H2. The first kappa shape index (κ1) is 18.2. The molecule has 27 heavy (non-hydrogen) atoms. The molecular formula is C19H25N5O2S. The number of anilines is 2. The van der Waals surface area contributed by atoms with E-state index in [1.807, 2.05) is 36.4 Å². The van der Waals surface area contributed by atoms with Gasteiger partial charge in [-0.3, -0.25) is 0 Å². The molecule has 0 bridgehead atoms. The van der Waals surface area contributed by atoms with Crippen molar-refractivity contribution in [2.75, 3.05) is 49.1 Å². The van der Waals surface area contributed by atoms with Crippen molar-refractivity contribution in [3.63, 3.8) is 0 Å². The number of hydrogen-bond donors (Lipinski definition) is 0. The van der Waals surface area contributed by atoms with Crippen LogP contribution in [-0.4, -0.2) is 62.0 Å². The Morgan fingerprint density at radius 2 is 1.41 bits per heavy atom. The second-order valence-corrected chi connectivity index (χ2v) is 9.03. The summed E-state index contributed by atoms with van der Waals surface area (Å²) in [4.78, 5) is 13.2. The molecule has 0 saturated carbocycles. The van der Waals surface area contributed by atoms with Crippen LogP contribution in [0.1, 0.15) is 18.4 Å². The van der Waals surface area contributed by atoms with Gasteiger partial charge in [0.2, 0.25) is 10.0 Å². The minimum absolute atomic E-state index is 0.0560. The summed E-state index contributed by atoms with van der Waals surface area (Å²) >= 11 is 0. The number of piperazine rings is 1. The number of nitrogens with zero attached hydrogens (tertiary/aromatic N) is 5. The highest BCUT2D eigenvalue weighted by molar-refractivity contribution is 7.88. The van der Waals surface area contributed by atoms with Crippen LogP contribution in [0.3, 0.4) is 0 Å². The van der Waals surface area contributed by atoms with Crippen LogP contribution in [0.25, 0.3) is 0 Å². The second kappa shape index (κ2) is 7.82. The molecule has 0 aliphatic carbocycles. The molecule has 2 aliphatic rings. The molecular weight excluding hydrogens is 362 g/mol. The zero-order valence-corrected chi connectivity index (χ0v) is 16.2. The number of hydrogen-bond acceptors (Lipinski definition) is 6. The van der Waals surface area contributed by atoms with Gasteiger partial charge in [0.1, 0.15) is 18.0 Å². The van der Waals surface area contributed by atoms with Crippen LogP contribution in [0.4, 0.5) is 11.6 Å². The van der Waals surface area contributed by atoms with E-state index in [1.54, 1.807) is 10.6 Å². The lowest BCUT2D eigenvalue weighted by Crippen LogP contribution is -2.49. The van der Waals surface area contributed by atoms with Gasteiger partial charge in [-0.15, -0.1) is 0 Å². The molecule has 3 heterocycles. The Labute approximate surface area is 160 Å². The van der Waals surface area contributed by atoms with E-state index in [0.717, 1.165) is 30.3 Å². The molecule has 8 heteroatoms. The van der Waals surface area contributed by atoms with Crippen molar-refractivity contribution in [3.05, 3.63) is 48.3 Å². The van der Waals surface area contributed by atoms with Crippen molar-refractivity contribution in [2.45, 2.75) is 18.6 Å². The molecule has 0 N–H and O–H groups in total. The average molecular weight is 388 g/mol. The van der Waals surface area contributed by atoms with Gasteiger partial charge in [0, 0.05) is 45.3 Å². The van der Waals surface area contributed by atoms with Crippen molar-refractivity contribution in [1.82, 2.24) is 14.3 Å². The molecule has 2 aliphatic heterocycles. The van der Waals surface area contributed by atoms with E-state index < -0.39 is 10.0 Å². The van der Waals surface area contributed by atoms with Gasteiger partial charge >= 0.3 is 0 Å². The second-order valence-electron chi connectivity index (χ2n) is 7.06. The molecule has 144 valence electrons. The molecule has 0 unspecified atom stereocenters. The van der Waals surface area contributed by atoms with Crippen LogP contribution in [0.5, 0.6) is 0 Å². The Balaban J connectivity index is 1.39. The first-order chi connectivity index (χ1) is 13.1. The fraction of sp³-hybridized carbons (Fsp3) is 0.474. The topological polar surface area (TPSA) is 69.6 Å². The lowest BCUT2D eigenvalue weighted by Gasteiger charge is -2.35. The average Bonchev–Trinajstić information content (AvgIpc) is 3.24. The van der Waals surface area contributed by atoms with Gasteiger partial charge in [0.25, 0.3) is 0 Å². The third-order valence-electron chi connectivity index (χ3n) is 5.22. The van der Waals surface area contributed by atoms with Crippen LogP contribution in [0, 0.1) is 0 Å². The maximum Gasteiger partial charge on any atom is 0.218 e. The van der Waals surface area contributed by atoms with Crippen LogP contribution < -0.4 is 9.80 Å². The molecule has 0 radical (unpaired) electrons. The van der Waals surface area contributed by atoms with Crippen molar-refractivity contribution in [3.8, 4) is 0 Å². The summed E-state index contributed by atoms with van der Waals surface area (Å²) < 4.78 is 27.0. The minimum atomic E-state index is -3.30. The van der Waals surface area contributed by atoms with E-state index in [1.165, 1.54) is 12.8 Å². The highest BCUT2D eigenvalue weighted by Gasteiger charge is 2.28. The summed E-state index contributed by atoms with van der Waals surface area (Å²) in [7, 11) is -3.30. The van der Waals surface area contributed by atoms with Crippen molar-refractivity contribution in [1.29, 1.82) is 0 Å². The van der Waals surface area contributed by atoms with Crippen molar-refractivity contribution >= 4 is 21.7 Å². The summed E-state index contributed by atoms with van der Waals surface area (Å²) in [6.45, 7) is 4.34. The van der Waals surface area contributed by atoms with Gasteiger partial charge in [-0.2, -0.15) is 4.31 Å². The fourth-order valence-corrected chi connectivity index (χ4v) is 5.22. The Bertz CT molecular complexity index is 861. The number of aromatic nitrogens is 2. The summed E-state index contributed by atoms with van der Waals surface area (Å²) in [6.07, 6.45) is 4.02. The van der Waals surface area contributed by atoms with Gasteiger partial charge < -0.3 is 9.80 Å². The van der Waals surface area contributed by atoms with E-state index >= 15 is 0 Å². The van der Waals surface area contributed by atoms with Crippen LogP contribution in [0.2, 0.25) is 0 Å². The number of sulfonamides is 1. The van der Waals surface area contributed by atoms with E-state index in [9.17, 15) is 8.42 Å². The van der Waals surface area contributed by atoms with Gasteiger partial charge in [0.05, 0.1) is 5.75 Å². The molecule has 7 nitrogen and oxygen atoms in total. The van der Waals surface area contributed by atoms with E-state index in [-0.39, 0.29) is 5.75 Å². The molecule has 2 fully saturated rings. The number of rotatable bonds is 5. The van der Waals surface area contributed by atoms with Gasteiger partial charge in [0.15, 0.2) is 0 Å². The van der Waals surface area contributed by atoms with Crippen molar-refractivity contribution < 1.29 is 8.42 Å². The maximum atomic E-state index is 12.7. The quantitative estimate of drug-likeness (QED) is 0.778. The fourth-order valence-electron chi connectivity index (χ4n) is 3.70. The third kappa shape index (κ3) is 4.22. The third-order valence-corrected chi connectivity index (χ3v) is 7.07. The predicted molar refractivity (Wildman–Crippen MR) is 106 cm³/mol. The minimum Gasteiger partial charge on any atom is -0.356 e.